The van der Waals surface area contributed by atoms with Crippen molar-refractivity contribution in [1.82, 2.24) is 5.32 Å². The lowest BCUT2D eigenvalue weighted by atomic mass is 10.1. The van der Waals surface area contributed by atoms with Crippen molar-refractivity contribution >= 4 is 23.4 Å². The van der Waals surface area contributed by atoms with Gasteiger partial charge in [-0.05, 0) is 30.3 Å². The molecular weight excluding hydrogens is 337 g/mol. The van der Waals surface area contributed by atoms with Crippen molar-refractivity contribution < 1.29 is 27.6 Å². The zero-order chi connectivity index (χ0) is 18.2. The first kappa shape index (κ1) is 16.7. The van der Waals surface area contributed by atoms with Crippen molar-refractivity contribution in [1.29, 1.82) is 0 Å². The highest BCUT2D eigenvalue weighted by Crippen LogP contribution is 2.28. The van der Waals surface area contributed by atoms with Crippen LogP contribution in [0.15, 0.2) is 48.5 Å². The topological polar surface area (TPSA) is 66.5 Å². The Bertz CT molecular complexity index is 842. The Morgan fingerprint density at radius 1 is 0.960 bits per heavy atom. The first-order valence-electron chi connectivity index (χ1n) is 7.21. The number of alkyl halides is 3. The summed E-state index contributed by atoms with van der Waals surface area (Å²) in [6, 6.07) is 11.6. The van der Waals surface area contributed by atoms with Crippen LogP contribution in [0, 0.1) is 0 Å². The van der Waals surface area contributed by atoms with Crippen LogP contribution in [0.4, 0.5) is 18.9 Å². The van der Waals surface area contributed by atoms with E-state index in [1.54, 1.807) is 17.4 Å². The molecule has 8 heteroatoms. The molecule has 1 aliphatic heterocycles. The van der Waals surface area contributed by atoms with Crippen LogP contribution in [0.2, 0.25) is 0 Å². The van der Waals surface area contributed by atoms with Crippen LogP contribution in [0.1, 0.15) is 31.1 Å². The molecule has 0 unspecified atom stereocenters. The number of fused-ring (bicyclic) bond motifs is 1. The Hall–Kier alpha value is -3.16. The smallest absolute Gasteiger partial charge is 0.343 e. The summed E-state index contributed by atoms with van der Waals surface area (Å²) in [5, 5.41) is 1.74. The normalized spacial score (nSPS) is 13.8. The number of carbonyl (C=O) groups excluding carboxylic acids is 3. The summed E-state index contributed by atoms with van der Waals surface area (Å²) in [5.74, 6) is -2.04. The van der Waals surface area contributed by atoms with E-state index >= 15 is 0 Å². The van der Waals surface area contributed by atoms with Crippen molar-refractivity contribution in [2.45, 2.75) is 6.18 Å². The van der Waals surface area contributed by atoms with Crippen LogP contribution < -0.4 is 10.2 Å². The lowest BCUT2D eigenvalue weighted by Gasteiger charge is -2.15. The molecular formula is C17H11F3N2O3. The monoisotopic (exact) mass is 348 g/mol. The van der Waals surface area contributed by atoms with Gasteiger partial charge in [0.15, 0.2) is 0 Å². The van der Waals surface area contributed by atoms with Gasteiger partial charge in [-0.1, -0.05) is 18.2 Å². The maximum Gasteiger partial charge on any atom is 0.405 e. The molecule has 0 spiro atoms. The second-order valence-corrected chi connectivity index (χ2v) is 5.34. The molecule has 1 aliphatic rings. The number of halogens is 3. The molecule has 0 atom stereocenters. The molecule has 2 aromatic carbocycles. The fourth-order valence-corrected chi connectivity index (χ4v) is 2.49. The van der Waals surface area contributed by atoms with Gasteiger partial charge < -0.3 is 5.32 Å². The van der Waals surface area contributed by atoms with Crippen molar-refractivity contribution in [3.05, 3.63) is 65.2 Å². The molecule has 25 heavy (non-hydrogen) atoms. The Balaban J connectivity index is 1.87. The summed E-state index contributed by atoms with van der Waals surface area (Å²) in [7, 11) is 0. The number of hydrogen-bond donors (Lipinski definition) is 1. The molecule has 0 radical (unpaired) electrons. The van der Waals surface area contributed by atoms with Gasteiger partial charge >= 0.3 is 6.18 Å². The highest BCUT2D eigenvalue weighted by atomic mass is 19.4. The Labute approximate surface area is 140 Å². The van der Waals surface area contributed by atoms with Crippen LogP contribution in [0.25, 0.3) is 0 Å². The number of anilines is 1. The summed E-state index contributed by atoms with van der Waals surface area (Å²) in [6.45, 7) is -1.47. The largest absolute Gasteiger partial charge is 0.405 e. The van der Waals surface area contributed by atoms with Crippen LogP contribution in [-0.4, -0.2) is 30.4 Å². The fourth-order valence-electron chi connectivity index (χ4n) is 2.49. The molecule has 1 N–H and O–H groups in total. The van der Waals surface area contributed by atoms with Crippen LogP contribution >= 0.6 is 0 Å². The third-order valence-electron chi connectivity index (χ3n) is 3.61. The highest BCUT2D eigenvalue weighted by molar-refractivity contribution is 6.34. The number of nitrogens with zero attached hydrogens (tertiary/aromatic N) is 1. The van der Waals surface area contributed by atoms with Crippen molar-refractivity contribution in [3.8, 4) is 0 Å². The number of carbonyl (C=O) groups is 3. The van der Waals surface area contributed by atoms with Gasteiger partial charge in [0.2, 0.25) is 0 Å². The lowest BCUT2D eigenvalue weighted by molar-refractivity contribution is -0.123. The minimum absolute atomic E-state index is 0.0849. The van der Waals surface area contributed by atoms with Crippen molar-refractivity contribution in [3.63, 3.8) is 0 Å². The zero-order valence-electron chi connectivity index (χ0n) is 12.6. The predicted molar refractivity (Wildman–Crippen MR) is 82.4 cm³/mol. The molecule has 3 amide bonds. The molecule has 0 aliphatic carbocycles. The van der Waals surface area contributed by atoms with E-state index in [1.165, 1.54) is 36.4 Å². The zero-order valence-corrected chi connectivity index (χ0v) is 12.6. The Kier molecular flexibility index (Phi) is 4.03. The van der Waals surface area contributed by atoms with Gasteiger partial charge in [-0.25, -0.2) is 4.90 Å². The third-order valence-corrected chi connectivity index (χ3v) is 3.61. The van der Waals surface area contributed by atoms with Gasteiger partial charge in [0.1, 0.15) is 6.54 Å². The number of amides is 3. The van der Waals surface area contributed by atoms with E-state index in [4.69, 9.17) is 0 Å². The number of imide groups is 1. The highest BCUT2D eigenvalue weighted by Gasteiger charge is 2.36. The maximum atomic E-state index is 12.4. The Morgan fingerprint density at radius 3 is 2.12 bits per heavy atom. The Morgan fingerprint density at radius 2 is 1.56 bits per heavy atom. The molecule has 128 valence electrons. The van der Waals surface area contributed by atoms with Crippen LogP contribution in [0.3, 0.4) is 0 Å². The average molecular weight is 348 g/mol. The summed E-state index contributed by atoms with van der Waals surface area (Å²) < 4.78 is 36.6. The molecule has 2 aromatic rings. The van der Waals surface area contributed by atoms with Gasteiger partial charge in [0.05, 0.1) is 16.8 Å². The number of hydrogen-bond acceptors (Lipinski definition) is 3. The van der Waals surface area contributed by atoms with Gasteiger partial charge in [0, 0.05) is 5.56 Å². The summed E-state index contributed by atoms with van der Waals surface area (Å²) in [6.07, 6.45) is -4.53. The van der Waals surface area contributed by atoms with E-state index in [0.29, 0.717) is 0 Å². The minimum atomic E-state index is -4.53. The molecule has 3 rings (SSSR count). The second kappa shape index (κ2) is 6.04. The molecule has 0 fully saturated rings. The first-order valence-corrected chi connectivity index (χ1v) is 7.21. The second-order valence-electron chi connectivity index (χ2n) is 5.34. The SMILES string of the molecule is O=C(NCC(F)(F)F)c1cccc(N2C(=O)c3ccccc3C2=O)c1. The third kappa shape index (κ3) is 3.23. The standard InChI is InChI=1S/C17H11F3N2O3/c18-17(19,20)9-21-14(23)10-4-3-5-11(8-10)22-15(24)12-6-1-2-7-13(12)16(22)25/h1-8H,9H2,(H,21,23). The van der Waals surface area contributed by atoms with E-state index in [-0.39, 0.29) is 22.4 Å². The van der Waals surface area contributed by atoms with Gasteiger partial charge in [-0.3, -0.25) is 14.4 Å². The quantitative estimate of drug-likeness (QED) is 0.868. The number of benzene rings is 2. The fraction of sp³-hybridized carbons (Fsp3) is 0.118. The van der Waals surface area contributed by atoms with Crippen molar-refractivity contribution in [2.75, 3.05) is 11.4 Å². The molecule has 0 bridgehead atoms. The minimum Gasteiger partial charge on any atom is -0.343 e. The van der Waals surface area contributed by atoms with E-state index in [1.807, 2.05) is 0 Å². The van der Waals surface area contributed by atoms with E-state index in [2.05, 4.69) is 0 Å². The van der Waals surface area contributed by atoms with E-state index in [9.17, 15) is 27.6 Å². The predicted octanol–water partition coefficient (Wildman–Crippen LogP) is 2.78. The molecule has 0 saturated heterocycles. The number of nitrogens with one attached hydrogen (secondary N) is 1. The van der Waals surface area contributed by atoms with Gasteiger partial charge in [-0.15, -0.1) is 0 Å². The first-order chi connectivity index (χ1) is 11.8. The molecule has 0 saturated carbocycles. The summed E-state index contributed by atoms with van der Waals surface area (Å²) >= 11 is 0. The van der Waals surface area contributed by atoms with Crippen molar-refractivity contribution in [2.24, 2.45) is 0 Å². The molecule has 1 heterocycles. The van der Waals surface area contributed by atoms with Gasteiger partial charge in [0.25, 0.3) is 17.7 Å². The number of rotatable bonds is 3. The van der Waals surface area contributed by atoms with Gasteiger partial charge in [-0.2, -0.15) is 13.2 Å². The average Bonchev–Trinajstić information content (AvgIpc) is 2.84. The van der Waals surface area contributed by atoms with Crippen LogP contribution in [0.5, 0.6) is 0 Å². The van der Waals surface area contributed by atoms with E-state index < -0.39 is 30.4 Å². The molecule has 0 aromatic heterocycles. The lowest BCUT2D eigenvalue weighted by Crippen LogP contribution is -2.34. The summed E-state index contributed by atoms with van der Waals surface area (Å²) in [4.78, 5) is 37.5. The van der Waals surface area contributed by atoms with Crippen LogP contribution in [-0.2, 0) is 0 Å². The molecule has 5 nitrogen and oxygen atoms in total. The maximum absolute atomic E-state index is 12.4. The summed E-state index contributed by atoms with van der Waals surface area (Å²) in [5.41, 5.74) is 0.503. The van der Waals surface area contributed by atoms with E-state index in [0.717, 1.165) is 4.90 Å².